The van der Waals surface area contributed by atoms with E-state index in [2.05, 4.69) is 36.4 Å². The maximum atomic E-state index is 8.83. The van der Waals surface area contributed by atoms with Crippen molar-refractivity contribution in [2.24, 2.45) is 5.73 Å². The topological polar surface area (TPSA) is 55.5 Å². The Kier molecular flexibility index (Phi) is 5.59. The van der Waals surface area contributed by atoms with Crippen LogP contribution in [-0.2, 0) is 6.42 Å². The van der Waals surface area contributed by atoms with Crippen LogP contribution in [0.25, 0.3) is 0 Å². The van der Waals surface area contributed by atoms with Gasteiger partial charge in [0.1, 0.15) is 5.75 Å². The van der Waals surface area contributed by atoms with Gasteiger partial charge >= 0.3 is 0 Å². The third-order valence-electron chi connectivity index (χ3n) is 3.17. The second-order valence-corrected chi connectivity index (χ2v) is 4.89. The molecule has 20 heavy (non-hydrogen) atoms. The molecule has 0 spiro atoms. The summed E-state index contributed by atoms with van der Waals surface area (Å²) in [6, 6.07) is 18.3. The molecule has 3 N–H and O–H groups in total. The normalized spacial score (nSPS) is 12.1. The molecule has 0 radical (unpaired) electrons. The molecular weight excluding hydrogens is 250 g/mol. The van der Waals surface area contributed by atoms with Gasteiger partial charge < -0.3 is 15.6 Å². The smallest absolute Gasteiger partial charge is 0.119 e. The van der Waals surface area contributed by atoms with Gasteiger partial charge in [0, 0.05) is 6.04 Å². The van der Waals surface area contributed by atoms with Crippen LogP contribution < -0.4 is 10.5 Å². The zero-order chi connectivity index (χ0) is 14.2. The first-order chi connectivity index (χ1) is 9.78. The molecule has 3 nitrogen and oxygen atoms in total. The van der Waals surface area contributed by atoms with Crippen LogP contribution in [-0.4, -0.2) is 24.4 Å². The minimum Gasteiger partial charge on any atom is -0.494 e. The fourth-order valence-corrected chi connectivity index (χ4v) is 1.95. The minimum atomic E-state index is -0.202. The van der Waals surface area contributed by atoms with Crippen molar-refractivity contribution in [3.63, 3.8) is 0 Å². The summed E-state index contributed by atoms with van der Waals surface area (Å²) in [4.78, 5) is 0. The number of aliphatic hydroxyl groups excluding tert-OH is 1. The van der Waals surface area contributed by atoms with Crippen LogP contribution in [0.3, 0.4) is 0 Å². The van der Waals surface area contributed by atoms with Crippen molar-refractivity contribution in [2.75, 3.05) is 13.2 Å². The van der Waals surface area contributed by atoms with Crippen molar-refractivity contribution in [1.82, 2.24) is 0 Å². The summed E-state index contributed by atoms with van der Waals surface area (Å²) in [5, 5.41) is 8.83. The van der Waals surface area contributed by atoms with Crippen LogP contribution in [0.2, 0.25) is 0 Å². The van der Waals surface area contributed by atoms with E-state index in [1.807, 2.05) is 18.2 Å². The Labute approximate surface area is 120 Å². The van der Waals surface area contributed by atoms with E-state index in [-0.39, 0.29) is 12.6 Å². The number of benzene rings is 2. The number of rotatable bonds is 7. The largest absolute Gasteiger partial charge is 0.494 e. The SMILES string of the molecule is NC(CO)CCOc1ccc(Cc2ccccc2)cc1. The third kappa shape index (κ3) is 4.68. The lowest BCUT2D eigenvalue weighted by Gasteiger charge is -2.10. The molecule has 2 rings (SSSR count). The molecule has 0 bridgehead atoms. The van der Waals surface area contributed by atoms with Gasteiger partial charge in [-0.15, -0.1) is 0 Å². The predicted octanol–water partition coefficient (Wildman–Crippen LogP) is 2.37. The summed E-state index contributed by atoms with van der Waals surface area (Å²) in [5.41, 5.74) is 8.18. The van der Waals surface area contributed by atoms with Gasteiger partial charge in [-0.3, -0.25) is 0 Å². The van der Waals surface area contributed by atoms with E-state index in [0.29, 0.717) is 13.0 Å². The lowest BCUT2D eigenvalue weighted by atomic mass is 10.1. The summed E-state index contributed by atoms with van der Waals surface area (Å²) in [6.45, 7) is 0.527. The maximum absolute atomic E-state index is 8.83. The molecule has 0 aliphatic rings. The standard InChI is InChI=1S/C17H21NO2/c18-16(13-19)10-11-20-17-8-6-15(7-9-17)12-14-4-2-1-3-5-14/h1-9,16,19H,10-13,18H2. The number of aliphatic hydroxyl groups is 1. The van der Waals surface area contributed by atoms with Crippen molar-refractivity contribution in [3.05, 3.63) is 65.7 Å². The van der Waals surface area contributed by atoms with Crippen LogP contribution in [0, 0.1) is 0 Å². The van der Waals surface area contributed by atoms with Crippen molar-refractivity contribution in [3.8, 4) is 5.75 Å². The minimum absolute atomic E-state index is 0.000622. The first kappa shape index (κ1) is 14.6. The zero-order valence-electron chi connectivity index (χ0n) is 11.5. The number of hydrogen-bond acceptors (Lipinski definition) is 3. The highest BCUT2D eigenvalue weighted by molar-refractivity contribution is 5.31. The van der Waals surface area contributed by atoms with Crippen molar-refractivity contribution in [1.29, 1.82) is 0 Å². The quantitative estimate of drug-likeness (QED) is 0.813. The third-order valence-corrected chi connectivity index (χ3v) is 3.17. The average molecular weight is 271 g/mol. The fraction of sp³-hybridized carbons (Fsp3) is 0.294. The van der Waals surface area contributed by atoms with E-state index in [0.717, 1.165) is 12.2 Å². The van der Waals surface area contributed by atoms with Crippen LogP contribution >= 0.6 is 0 Å². The number of hydrogen-bond donors (Lipinski definition) is 2. The second kappa shape index (κ2) is 7.68. The Bertz CT molecular complexity index is 496. The Balaban J connectivity index is 1.84. The van der Waals surface area contributed by atoms with Gasteiger partial charge in [-0.05, 0) is 36.1 Å². The molecule has 0 aromatic heterocycles. The Morgan fingerprint density at radius 3 is 2.25 bits per heavy atom. The Morgan fingerprint density at radius 2 is 1.60 bits per heavy atom. The molecule has 0 saturated heterocycles. The molecule has 0 fully saturated rings. The first-order valence-electron chi connectivity index (χ1n) is 6.90. The monoisotopic (exact) mass is 271 g/mol. The summed E-state index contributed by atoms with van der Waals surface area (Å²) in [6.07, 6.45) is 1.58. The second-order valence-electron chi connectivity index (χ2n) is 4.89. The molecule has 0 amide bonds. The molecule has 2 aromatic rings. The molecule has 0 saturated carbocycles. The highest BCUT2D eigenvalue weighted by atomic mass is 16.5. The van der Waals surface area contributed by atoms with Gasteiger partial charge in [-0.1, -0.05) is 42.5 Å². The molecule has 0 heterocycles. The number of nitrogens with two attached hydrogens (primary N) is 1. The van der Waals surface area contributed by atoms with Crippen molar-refractivity contribution in [2.45, 2.75) is 18.9 Å². The van der Waals surface area contributed by atoms with E-state index < -0.39 is 0 Å². The van der Waals surface area contributed by atoms with Crippen molar-refractivity contribution < 1.29 is 9.84 Å². The van der Waals surface area contributed by atoms with E-state index in [4.69, 9.17) is 15.6 Å². The lowest BCUT2D eigenvalue weighted by Crippen LogP contribution is -2.26. The van der Waals surface area contributed by atoms with Crippen LogP contribution in [0.4, 0.5) is 0 Å². The van der Waals surface area contributed by atoms with Gasteiger partial charge in [-0.2, -0.15) is 0 Å². The van der Waals surface area contributed by atoms with Crippen LogP contribution in [0.1, 0.15) is 17.5 Å². The van der Waals surface area contributed by atoms with Gasteiger partial charge in [0.25, 0.3) is 0 Å². The maximum Gasteiger partial charge on any atom is 0.119 e. The van der Waals surface area contributed by atoms with E-state index >= 15 is 0 Å². The Morgan fingerprint density at radius 1 is 0.950 bits per heavy atom. The average Bonchev–Trinajstić information content (AvgIpc) is 2.50. The highest BCUT2D eigenvalue weighted by Crippen LogP contribution is 2.15. The van der Waals surface area contributed by atoms with Gasteiger partial charge in [0.2, 0.25) is 0 Å². The van der Waals surface area contributed by atoms with E-state index in [1.54, 1.807) is 0 Å². The first-order valence-corrected chi connectivity index (χ1v) is 6.90. The van der Waals surface area contributed by atoms with Crippen LogP contribution in [0.15, 0.2) is 54.6 Å². The summed E-state index contributed by atoms with van der Waals surface area (Å²) in [7, 11) is 0. The van der Waals surface area contributed by atoms with E-state index in [9.17, 15) is 0 Å². The number of ether oxygens (including phenoxy) is 1. The van der Waals surface area contributed by atoms with Gasteiger partial charge in [0.05, 0.1) is 13.2 Å². The van der Waals surface area contributed by atoms with Crippen LogP contribution in [0.5, 0.6) is 5.75 Å². The molecule has 3 heteroatoms. The van der Waals surface area contributed by atoms with Crippen molar-refractivity contribution >= 4 is 0 Å². The summed E-state index contributed by atoms with van der Waals surface area (Å²) < 4.78 is 5.59. The molecule has 1 unspecified atom stereocenters. The van der Waals surface area contributed by atoms with E-state index in [1.165, 1.54) is 11.1 Å². The fourth-order valence-electron chi connectivity index (χ4n) is 1.95. The van der Waals surface area contributed by atoms with Gasteiger partial charge in [0.15, 0.2) is 0 Å². The summed E-state index contributed by atoms with van der Waals surface area (Å²) >= 11 is 0. The highest BCUT2D eigenvalue weighted by Gasteiger charge is 2.01. The molecule has 2 aromatic carbocycles. The molecular formula is C17H21NO2. The molecule has 0 aliphatic carbocycles. The predicted molar refractivity (Wildman–Crippen MR) is 80.9 cm³/mol. The zero-order valence-corrected chi connectivity index (χ0v) is 11.5. The van der Waals surface area contributed by atoms with Gasteiger partial charge in [-0.25, -0.2) is 0 Å². The lowest BCUT2D eigenvalue weighted by molar-refractivity contribution is 0.230. The molecule has 0 aliphatic heterocycles. The molecule has 106 valence electrons. The summed E-state index contributed by atoms with van der Waals surface area (Å²) in [5.74, 6) is 0.840. The Hall–Kier alpha value is -1.84. The molecule has 1 atom stereocenters.